The number of esters is 1. The summed E-state index contributed by atoms with van der Waals surface area (Å²) in [4.78, 5) is 15.9. The van der Waals surface area contributed by atoms with E-state index in [2.05, 4.69) is 9.55 Å². The van der Waals surface area contributed by atoms with Crippen LogP contribution in [0.3, 0.4) is 0 Å². The molecule has 0 saturated carbocycles. The standard InChI is InChI=1S/C24H36N2O4/c1-4-28-23(27)24(2,3)14-6-9-19-30-22-12-10-21(11-13-22)29-18-8-5-7-16-26-17-15-25-20-26/h10-13,15,17,20H,4-9,14,16,18-19H2,1-3H3. The van der Waals surface area contributed by atoms with E-state index in [1.165, 1.54) is 0 Å². The molecule has 6 heteroatoms. The SMILES string of the molecule is CCOC(=O)C(C)(C)CCCCOc1ccc(OCCCCCn2ccnc2)cc1. The van der Waals surface area contributed by atoms with Gasteiger partial charge in [0.2, 0.25) is 0 Å². The molecule has 2 aromatic rings. The van der Waals surface area contributed by atoms with Crippen molar-refractivity contribution in [1.29, 1.82) is 0 Å². The third kappa shape index (κ3) is 8.89. The minimum atomic E-state index is -0.436. The molecule has 0 amide bonds. The van der Waals surface area contributed by atoms with Gasteiger partial charge in [-0.1, -0.05) is 0 Å². The molecule has 0 atom stereocenters. The quantitative estimate of drug-likeness (QED) is 0.292. The molecule has 0 radical (unpaired) electrons. The van der Waals surface area contributed by atoms with Gasteiger partial charge in [-0.2, -0.15) is 0 Å². The van der Waals surface area contributed by atoms with Crippen LogP contribution in [0.5, 0.6) is 11.5 Å². The number of carbonyl (C=O) groups is 1. The van der Waals surface area contributed by atoms with Crippen molar-refractivity contribution < 1.29 is 19.0 Å². The number of imidazole rings is 1. The Morgan fingerprint density at radius 1 is 0.967 bits per heavy atom. The minimum absolute atomic E-state index is 0.125. The number of aryl methyl sites for hydroxylation is 1. The topological polar surface area (TPSA) is 62.6 Å². The number of unbranched alkanes of at least 4 members (excludes halogenated alkanes) is 3. The summed E-state index contributed by atoms with van der Waals surface area (Å²) in [5.41, 5.74) is -0.436. The lowest BCUT2D eigenvalue weighted by Gasteiger charge is -2.21. The molecule has 0 aliphatic carbocycles. The van der Waals surface area contributed by atoms with Crippen LogP contribution in [0.1, 0.15) is 59.3 Å². The highest BCUT2D eigenvalue weighted by atomic mass is 16.5. The van der Waals surface area contributed by atoms with Gasteiger partial charge in [-0.25, -0.2) is 4.98 Å². The third-order valence-corrected chi connectivity index (χ3v) is 5.01. The lowest BCUT2D eigenvalue weighted by molar-refractivity contribution is -0.153. The molecular formula is C24H36N2O4. The summed E-state index contributed by atoms with van der Waals surface area (Å²) >= 11 is 0. The second kappa shape index (κ2) is 12.9. The number of ether oxygens (including phenoxy) is 3. The first-order valence-electron chi connectivity index (χ1n) is 11.0. The molecule has 0 N–H and O–H groups in total. The van der Waals surface area contributed by atoms with E-state index < -0.39 is 5.41 Å². The Morgan fingerprint density at radius 2 is 1.60 bits per heavy atom. The van der Waals surface area contributed by atoms with Gasteiger partial charge in [0, 0.05) is 18.9 Å². The summed E-state index contributed by atoms with van der Waals surface area (Å²) in [6.45, 7) is 8.50. The van der Waals surface area contributed by atoms with Gasteiger partial charge >= 0.3 is 5.97 Å². The van der Waals surface area contributed by atoms with Crippen molar-refractivity contribution in [2.24, 2.45) is 5.41 Å². The van der Waals surface area contributed by atoms with Crippen molar-refractivity contribution in [3.63, 3.8) is 0 Å². The molecule has 2 rings (SSSR count). The molecule has 6 nitrogen and oxygen atoms in total. The van der Waals surface area contributed by atoms with Crippen LogP contribution in [0.4, 0.5) is 0 Å². The Bertz CT molecular complexity index is 711. The Hall–Kier alpha value is -2.50. The van der Waals surface area contributed by atoms with E-state index in [0.717, 1.165) is 63.2 Å². The average molecular weight is 417 g/mol. The van der Waals surface area contributed by atoms with Gasteiger partial charge in [0.15, 0.2) is 0 Å². The molecule has 0 fully saturated rings. The molecule has 1 heterocycles. The van der Waals surface area contributed by atoms with E-state index in [-0.39, 0.29) is 5.97 Å². The first-order valence-corrected chi connectivity index (χ1v) is 11.0. The van der Waals surface area contributed by atoms with E-state index >= 15 is 0 Å². The van der Waals surface area contributed by atoms with Crippen molar-refractivity contribution in [2.45, 2.75) is 65.8 Å². The Balaban J connectivity index is 1.53. The van der Waals surface area contributed by atoms with Crippen LogP contribution in [0.15, 0.2) is 43.0 Å². The van der Waals surface area contributed by atoms with Crippen molar-refractivity contribution in [3.8, 4) is 11.5 Å². The first kappa shape index (κ1) is 23.8. The number of hydrogen-bond acceptors (Lipinski definition) is 5. The maximum Gasteiger partial charge on any atom is 0.311 e. The van der Waals surface area contributed by atoms with Crippen molar-refractivity contribution in [1.82, 2.24) is 9.55 Å². The number of aromatic nitrogens is 2. The molecule has 1 aromatic carbocycles. The summed E-state index contributed by atoms with van der Waals surface area (Å²) < 4.78 is 18.8. The summed E-state index contributed by atoms with van der Waals surface area (Å²) in [5.74, 6) is 1.58. The van der Waals surface area contributed by atoms with Gasteiger partial charge in [-0.05, 0) is 83.6 Å². The fraction of sp³-hybridized carbons (Fsp3) is 0.583. The van der Waals surface area contributed by atoms with E-state index in [4.69, 9.17) is 14.2 Å². The van der Waals surface area contributed by atoms with Gasteiger partial charge in [0.05, 0.1) is 31.6 Å². The monoisotopic (exact) mass is 416 g/mol. The lowest BCUT2D eigenvalue weighted by Crippen LogP contribution is -2.26. The Morgan fingerprint density at radius 3 is 2.17 bits per heavy atom. The second-order valence-electron chi connectivity index (χ2n) is 8.09. The van der Waals surface area contributed by atoms with Crippen LogP contribution < -0.4 is 9.47 Å². The van der Waals surface area contributed by atoms with Gasteiger partial charge < -0.3 is 18.8 Å². The zero-order valence-electron chi connectivity index (χ0n) is 18.6. The number of carbonyl (C=O) groups excluding carboxylic acids is 1. The molecule has 166 valence electrons. The third-order valence-electron chi connectivity index (χ3n) is 5.01. The summed E-state index contributed by atoms with van der Waals surface area (Å²) in [5, 5.41) is 0. The molecule has 0 spiro atoms. The highest BCUT2D eigenvalue weighted by molar-refractivity contribution is 5.75. The van der Waals surface area contributed by atoms with Crippen molar-refractivity contribution in [3.05, 3.63) is 43.0 Å². The first-order chi connectivity index (χ1) is 14.5. The minimum Gasteiger partial charge on any atom is -0.494 e. The molecule has 0 aliphatic heterocycles. The maximum atomic E-state index is 11.9. The Labute approximate surface area is 180 Å². The normalized spacial score (nSPS) is 11.3. The number of benzene rings is 1. The zero-order valence-corrected chi connectivity index (χ0v) is 18.6. The summed E-state index contributed by atoms with van der Waals surface area (Å²) in [6, 6.07) is 7.78. The molecule has 0 bridgehead atoms. The van der Waals surface area contributed by atoms with Crippen LogP contribution >= 0.6 is 0 Å². The highest BCUT2D eigenvalue weighted by Gasteiger charge is 2.28. The van der Waals surface area contributed by atoms with Crippen LogP contribution in [0.2, 0.25) is 0 Å². The predicted molar refractivity (Wildman–Crippen MR) is 118 cm³/mol. The largest absolute Gasteiger partial charge is 0.494 e. The molecule has 0 aliphatic rings. The van der Waals surface area contributed by atoms with E-state index in [1.807, 2.05) is 63.8 Å². The van der Waals surface area contributed by atoms with E-state index in [1.54, 1.807) is 0 Å². The molecular weight excluding hydrogens is 380 g/mol. The van der Waals surface area contributed by atoms with Crippen LogP contribution in [0.25, 0.3) is 0 Å². The fourth-order valence-electron chi connectivity index (χ4n) is 3.10. The van der Waals surface area contributed by atoms with Gasteiger partial charge in [-0.15, -0.1) is 0 Å². The van der Waals surface area contributed by atoms with Crippen molar-refractivity contribution in [2.75, 3.05) is 19.8 Å². The lowest BCUT2D eigenvalue weighted by atomic mass is 9.87. The summed E-state index contributed by atoms with van der Waals surface area (Å²) in [7, 11) is 0. The number of nitrogens with zero attached hydrogens (tertiary/aromatic N) is 2. The number of rotatable bonds is 15. The van der Waals surface area contributed by atoms with Gasteiger partial charge in [0.25, 0.3) is 0 Å². The highest BCUT2D eigenvalue weighted by Crippen LogP contribution is 2.25. The molecule has 1 aromatic heterocycles. The van der Waals surface area contributed by atoms with Gasteiger partial charge in [0.1, 0.15) is 11.5 Å². The van der Waals surface area contributed by atoms with Crippen LogP contribution in [-0.4, -0.2) is 35.3 Å². The fourth-order valence-corrected chi connectivity index (χ4v) is 3.10. The molecule has 30 heavy (non-hydrogen) atoms. The predicted octanol–water partition coefficient (Wildman–Crippen LogP) is 5.27. The zero-order chi connectivity index (χ0) is 21.7. The maximum absolute atomic E-state index is 11.9. The Kier molecular flexibility index (Phi) is 10.3. The van der Waals surface area contributed by atoms with E-state index in [9.17, 15) is 4.79 Å². The van der Waals surface area contributed by atoms with Crippen LogP contribution in [-0.2, 0) is 16.1 Å². The van der Waals surface area contributed by atoms with E-state index in [0.29, 0.717) is 13.2 Å². The van der Waals surface area contributed by atoms with Crippen LogP contribution in [0, 0.1) is 5.41 Å². The number of hydrogen-bond donors (Lipinski definition) is 0. The van der Waals surface area contributed by atoms with Crippen molar-refractivity contribution >= 4 is 5.97 Å². The smallest absolute Gasteiger partial charge is 0.311 e. The average Bonchev–Trinajstić information content (AvgIpc) is 3.25. The van der Waals surface area contributed by atoms with Gasteiger partial charge in [-0.3, -0.25) is 4.79 Å². The summed E-state index contributed by atoms with van der Waals surface area (Å²) in [6.07, 6.45) is 11.6. The molecule has 0 saturated heterocycles. The second-order valence-corrected chi connectivity index (χ2v) is 8.09. The molecule has 0 unspecified atom stereocenters.